The minimum atomic E-state index is -0.105. The fourth-order valence-electron chi connectivity index (χ4n) is 7.50. The van der Waals surface area contributed by atoms with Crippen molar-refractivity contribution in [3.63, 3.8) is 0 Å². The third-order valence-electron chi connectivity index (χ3n) is 9.65. The highest BCUT2D eigenvalue weighted by atomic mass is 16.3. The van der Waals surface area contributed by atoms with Crippen LogP contribution in [0.25, 0.3) is 54.6 Å². The predicted molar refractivity (Wildman–Crippen MR) is 186 cm³/mol. The monoisotopic (exact) mass is 565 g/mol. The first-order chi connectivity index (χ1) is 21.5. The molecule has 0 atom stereocenters. The van der Waals surface area contributed by atoms with Crippen molar-refractivity contribution in [3.05, 3.63) is 150 Å². The molecule has 0 unspecified atom stereocenters. The van der Waals surface area contributed by atoms with Gasteiger partial charge in [0, 0.05) is 27.6 Å². The molecule has 0 N–H and O–H groups in total. The number of hydrogen-bond donors (Lipinski definition) is 0. The molecule has 0 bridgehead atoms. The molecule has 0 amide bonds. The number of benzene rings is 7. The maximum atomic E-state index is 6.54. The van der Waals surface area contributed by atoms with Crippen molar-refractivity contribution >= 4 is 60.5 Å². The van der Waals surface area contributed by atoms with Crippen LogP contribution >= 0.6 is 0 Å². The molecule has 1 aromatic heterocycles. The maximum Gasteiger partial charge on any atom is 0.159 e. The molecule has 7 aromatic carbocycles. The molecule has 8 aromatic rings. The predicted octanol–water partition coefficient (Wildman–Crippen LogP) is 12.0. The molecule has 2 heteroatoms. The summed E-state index contributed by atoms with van der Waals surface area (Å²) in [6, 6.07) is 48.6. The van der Waals surface area contributed by atoms with E-state index >= 15 is 0 Å². The third kappa shape index (κ3) is 3.55. The molecular formula is C42H31NO. The molecule has 210 valence electrons. The van der Waals surface area contributed by atoms with E-state index in [0.29, 0.717) is 0 Å². The van der Waals surface area contributed by atoms with Gasteiger partial charge in [0.1, 0.15) is 5.58 Å². The van der Waals surface area contributed by atoms with Crippen LogP contribution in [-0.4, -0.2) is 0 Å². The van der Waals surface area contributed by atoms with E-state index in [1.165, 1.54) is 49.4 Å². The lowest BCUT2D eigenvalue weighted by molar-refractivity contribution is 0.667. The van der Waals surface area contributed by atoms with Crippen LogP contribution in [0.4, 0.5) is 17.1 Å². The average molecular weight is 566 g/mol. The summed E-state index contributed by atoms with van der Waals surface area (Å²) in [6.07, 6.45) is 0. The molecule has 9 rings (SSSR count). The lowest BCUT2D eigenvalue weighted by Gasteiger charge is -2.26. The highest BCUT2D eigenvalue weighted by molar-refractivity contribution is 6.10. The van der Waals surface area contributed by atoms with E-state index in [0.717, 1.165) is 39.0 Å². The Kier molecular flexibility index (Phi) is 5.20. The van der Waals surface area contributed by atoms with Crippen molar-refractivity contribution in [3.8, 4) is 11.1 Å². The molecule has 1 aliphatic rings. The second-order valence-electron chi connectivity index (χ2n) is 12.7. The molecule has 0 saturated carbocycles. The Morgan fingerprint density at radius 3 is 2.14 bits per heavy atom. The van der Waals surface area contributed by atoms with Crippen LogP contribution in [0.3, 0.4) is 0 Å². The van der Waals surface area contributed by atoms with E-state index in [1.807, 2.05) is 6.07 Å². The Balaban J connectivity index is 1.26. The average Bonchev–Trinajstić information content (AvgIpc) is 3.54. The molecule has 1 aliphatic carbocycles. The number of hydrogen-bond acceptors (Lipinski definition) is 2. The van der Waals surface area contributed by atoms with Crippen molar-refractivity contribution in [1.29, 1.82) is 0 Å². The number of anilines is 3. The number of nitrogens with zero attached hydrogens (tertiary/aromatic N) is 1. The molecule has 0 saturated heterocycles. The Bertz CT molecular complexity index is 2430. The van der Waals surface area contributed by atoms with Crippen LogP contribution in [0.1, 0.15) is 30.5 Å². The Labute approximate surface area is 256 Å². The minimum absolute atomic E-state index is 0.105. The zero-order valence-electron chi connectivity index (χ0n) is 25.1. The SMILES string of the molecule is Cc1ccc(N(c2ccc3cc4c(cc3c2)C(C)(C)c2c-4ccc3ccccc23)c2cccc3c2oc2ccccc23)cc1. The lowest BCUT2D eigenvalue weighted by atomic mass is 9.80. The van der Waals surface area contributed by atoms with Crippen molar-refractivity contribution < 1.29 is 4.42 Å². The summed E-state index contributed by atoms with van der Waals surface area (Å²) < 4.78 is 6.54. The van der Waals surface area contributed by atoms with E-state index in [4.69, 9.17) is 4.42 Å². The quantitative estimate of drug-likeness (QED) is 0.212. The van der Waals surface area contributed by atoms with Crippen LogP contribution in [-0.2, 0) is 5.41 Å². The summed E-state index contributed by atoms with van der Waals surface area (Å²) in [6.45, 7) is 6.88. The van der Waals surface area contributed by atoms with Gasteiger partial charge < -0.3 is 9.32 Å². The first-order valence-corrected chi connectivity index (χ1v) is 15.4. The second kappa shape index (κ2) is 9.08. The van der Waals surface area contributed by atoms with Gasteiger partial charge in [-0.2, -0.15) is 0 Å². The summed E-state index contributed by atoms with van der Waals surface area (Å²) in [5.41, 5.74) is 11.7. The van der Waals surface area contributed by atoms with Gasteiger partial charge in [-0.1, -0.05) is 104 Å². The molecule has 2 nitrogen and oxygen atoms in total. The Hall–Kier alpha value is -5.34. The number of furan rings is 1. The molecule has 0 spiro atoms. The second-order valence-corrected chi connectivity index (χ2v) is 12.7. The minimum Gasteiger partial charge on any atom is -0.454 e. The first-order valence-electron chi connectivity index (χ1n) is 15.4. The lowest BCUT2D eigenvalue weighted by Crippen LogP contribution is -2.15. The van der Waals surface area contributed by atoms with Crippen molar-refractivity contribution in [2.24, 2.45) is 0 Å². The Morgan fingerprint density at radius 2 is 1.27 bits per heavy atom. The highest BCUT2D eigenvalue weighted by Crippen LogP contribution is 2.53. The van der Waals surface area contributed by atoms with Crippen molar-refractivity contribution in [2.45, 2.75) is 26.2 Å². The van der Waals surface area contributed by atoms with Crippen molar-refractivity contribution in [2.75, 3.05) is 4.90 Å². The van der Waals surface area contributed by atoms with E-state index in [9.17, 15) is 0 Å². The van der Waals surface area contributed by atoms with E-state index in [2.05, 4.69) is 153 Å². The fourth-order valence-corrected chi connectivity index (χ4v) is 7.50. The van der Waals surface area contributed by atoms with Gasteiger partial charge >= 0.3 is 0 Å². The van der Waals surface area contributed by atoms with Crippen LogP contribution in [0, 0.1) is 6.92 Å². The first kappa shape index (κ1) is 25.2. The zero-order chi connectivity index (χ0) is 29.6. The summed E-state index contributed by atoms with van der Waals surface area (Å²) in [5, 5.41) is 7.39. The van der Waals surface area contributed by atoms with Gasteiger partial charge in [-0.25, -0.2) is 0 Å². The van der Waals surface area contributed by atoms with Gasteiger partial charge in [0.05, 0.1) is 5.69 Å². The van der Waals surface area contributed by atoms with Gasteiger partial charge in [0.25, 0.3) is 0 Å². The number of rotatable bonds is 3. The van der Waals surface area contributed by atoms with Crippen LogP contribution in [0.15, 0.2) is 138 Å². The third-order valence-corrected chi connectivity index (χ3v) is 9.65. The maximum absolute atomic E-state index is 6.54. The van der Waals surface area contributed by atoms with E-state index in [-0.39, 0.29) is 5.41 Å². The number of fused-ring (bicyclic) bond motifs is 9. The number of aryl methyl sites for hydroxylation is 1. The number of para-hydroxylation sites is 2. The normalized spacial score (nSPS) is 13.5. The van der Waals surface area contributed by atoms with E-state index in [1.54, 1.807) is 0 Å². The van der Waals surface area contributed by atoms with E-state index < -0.39 is 0 Å². The van der Waals surface area contributed by atoms with Crippen LogP contribution in [0.5, 0.6) is 0 Å². The molecule has 0 radical (unpaired) electrons. The molecular weight excluding hydrogens is 534 g/mol. The standard InChI is InChI=1S/C42H31NO/c1-26-15-19-30(20-16-26)43(38-13-8-12-35-33-11-6-7-14-39(33)44-41(35)38)31-21-17-28-24-36-34-22-18-27-9-4-5-10-32(27)40(34)42(2,3)37(36)25-29(28)23-31/h4-25H,1-3H3. The largest absolute Gasteiger partial charge is 0.454 e. The van der Waals surface area contributed by atoms with Crippen LogP contribution in [0.2, 0.25) is 0 Å². The van der Waals surface area contributed by atoms with Gasteiger partial charge in [0.2, 0.25) is 0 Å². The van der Waals surface area contributed by atoms with Crippen LogP contribution < -0.4 is 4.90 Å². The van der Waals surface area contributed by atoms with Gasteiger partial charge in [-0.15, -0.1) is 0 Å². The summed E-state index contributed by atoms with van der Waals surface area (Å²) in [5.74, 6) is 0. The topological polar surface area (TPSA) is 16.4 Å². The highest BCUT2D eigenvalue weighted by Gasteiger charge is 2.37. The summed E-state index contributed by atoms with van der Waals surface area (Å²) >= 11 is 0. The van der Waals surface area contributed by atoms with Gasteiger partial charge in [0.15, 0.2) is 5.58 Å². The summed E-state index contributed by atoms with van der Waals surface area (Å²) in [7, 11) is 0. The molecule has 0 aliphatic heterocycles. The Morgan fingerprint density at radius 1 is 0.545 bits per heavy atom. The van der Waals surface area contributed by atoms with Gasteiger partial charge in [-0.3, -0.25) is 0 Å². The molecule has 0 fully saturated rings. The fraction of sp³-hybridized carbons (Fsp3) is 0.0952. The molecule has 44 heavy (non-hydrogen) atoms. The van der Waals surface area contributed by atoms with Crippen molar-refractivity contribution in [1.82, 2.24) is 0 Å². The van der Waals surface area contributed by atoms with Gasteiger partial charge in [-0.05, 0) is 99.3 Å². The smallest absolute Gasteiger partial charge is 0.159 e. The molecule has 1 heterocycles. The zero-order valence-corrected chi connectivity index (χ0v) is 25.1. The summed E-state index contributed by atoms with van der Waals surface area (Å²) in [4.78, 5) is 2.34.